The van der Waals surface area contributed by atoms with Crippen molar-refractivity contribution in [2.24, 2.45) is 0 Å². The van der Waals surface area contributed by atoms with Crippen molar-refractivity contribution in [3.05, 3.63) is 34.3 Å². The third-order valence-electron chi connectivity index (χ3n) is 1.36. The third kappa shape index (κ3) is 3.68. The van der Waals surface area contributed by atoms with Gasteiger partial charge in [0.15, 0.2) is 6.29 Å². The van der Waals surface area contributed by atoms with Gasteiger partial charge in [-0.15, -0.1) is 0 Å². The number of halogens is 1. The Morgan fingerprint density at radius 2 is 2.00 bits per heavy atom. The Morgan fingerprint density at radius 1 is 1.43 bits per heavy atom. The van der Waals surface area contributed by atoms with E-state index in [0.29, 0.717) is 22.4 Å². The molecule has 0 aliphatic rings. The lowest BCUT2D eigenvalue weighted by atomic mass is 10.1. The summed E-state index contributed by atoms with van der Waals surface area (Å²) in [6.07, 6.45) is 1.76. The molecule has 1 aromatic rings. The Balaban J connectivity index is 0.000000500. The van der Waals surface area contributed by atoms with Gasteiger partial charge in [0, 0.05) is 17.3 Å². The van der Waals surface area contributed by atoms with Crippen molar-refractivity contribution in [1.82, 2.24) is 5.32 Å². The molecule has 0 spiro atoms. The van der Waals surface area contributed by atoms with Crippen LogP contribution in [0.2, 0.25) is 5.02 Å². The number of nitrogens with one attached hydrogen (secondary N) is 2. The summed E-state index contributed by atoms with van der Waals surface area (Å²) in [6.45, 7) is 0. The Kier molecular flexibility index (Phi) is 6.62. The number of carbonyl (C=O) groups is 1. The van der Waals surface area contributed by atoms with Crippen LogP contribution in [0.5, 0.6) is 0 Å². The van der Waals surface area contributed by atoms with Crippen LogP contribution in [0.3, 0.4) is 0 Å². The van der Waals surface area contributed by atoms with Crippen LogP contribution in [0.25, 0.3) is 0 Å². The Morgan fingerprint density at radius 3 is 2.36 bits per heavy atom. The topological polar surface area (TPSA) is 53.0 Å². The lowest BCUT2D eigenvalue weighted by molar-refractivity contribution is 0.112. The van der Waals surface area contributed by atoms with Crippen LogP contribution in [0.15, 0.2) is 18.2 Å². The average Bonchev–Trinajstić information content (AvgIpc) is 2.18. The molecule has 1 rings (SSSR count). The predicted molar refractivity (Wildman–Crippen MR) is 59.7 cm³/mol. The molecule has 0 fully saturated rings. The standard InChI is InChI=1S/C8H6ClNO.C2H7N/c9-8-3-1-2-6(4-10)7(8)5-11;1-3-2/h1-5,10H;3H,1-2H3. The van der Waals surface area contributed by atoms with Crippen LogP contribution in [0, 0.1) is 5.41 Å². The van der Waals surface area contributed by atoms with Gasteiger partial charge in [0.25, 0.3) is 0 Å². The van der Waals surface area contributed by atoms with Gasteiger partial charge in [-0.05, 0) is 20.2 Å². The first-order chi connectivity index (χ1) is 6.71. The molecule has 0 aliphatic carbocycles. The second-order valence-electron chi connectivity index (χ2n) is 2.50. The fourth-order valence-corrected chi connectivity index (χ4v) is 1.03. The number of hydrogen-bond acceptors (Lipinski definition) is 3. The molecule has 0 saturated carbocycles. The highest BCUT2D eigenvalue weighted by molar-refractivity contribution is 6.33. The minimum atomic E-state index is 0.379. The fraction of sp³-hybridized carbons (Fsp3) is 0.200. The zero-order valence-electron chi connectivity index (χ0n) is 8.17. The summed E-state index contributed by atoms with van der Waals surface area (Å²) in [5.74, 6) is 0. The summed E-state index contributed by atoms with van der Waals surface area (Å²) in [5, 5.41) is 10.1. The lowest BCUT2D eigenvalue weighted by Crippen LogP contribution is -1.90. The minimum absolute atomic E-state index is 0.379. The smallest absolute Gasteiger partial charge is 0.152 e. The molecule has 0 aliphatic heterocycles. The van der Waals surface area contributed by atoms with Crippen LogP contribution < -0.4 is 5.32 Å². The van der Waals surface area contributed by atoms with Gasteiger partial charge in [-0.2, -0.15) is 0 Å². The quantitative estimate of drug-likeness (QED) is 0.582. The maximum Gasteiger partial charge on any atom is 0.152 e. The van der Waals surface area contributed by atoms with Crippen molar-refractivity contribution in [2.75, 3.05) is 14.1 Å². The summed E-state index contributed by atoms with van der Waals surface area (Å²) in [7, 11) is 3.75. The summed E-state index contributed by atoms with van der Waals surface area (Å²) in [6, 6.07) is 5.00. The van der Waals surface area contributed by atoms with Gasteiger partial charge in [0.2, 0.25) is 0 Å². The molecule has 0 bridgehead atoms. The maximum absolute atomic E-state index is 10.4. The van der Waals surface area contributed by atoms with Crippen LogP contribution in [0.1, 0.15) is 15.9 Å². The number of aldehydes is 1. The number of carbonyl (C=O) groups excluding carboxylic acids is 1. The third-order valence-corrected chi connectivity index (χ3v) is 1.69. The highest BCUT2D eigenvalue weighted by Crippen LogP contribution is 2.16. The van der Waals surface area contributed by atoms with E-state index in [4.69, 9.17) is 17.0 Å². The molecule has 0 radical (unpaired) electrons. The van der Waals surface area contributed by atoms with Crippen molar-refractivity contribution in [2.45, 2.75) is 0 Å². The first-order valence-corrected chi connectivity index (χ1v) is 4.41. The largest absolute Gasteiger partial charge is 0.323 e. The number of hydrogen-bond donors (Lipinski definition) is 2. The predicted octanol–water partition coefficient (Wildman–Crippen LogP) is 1.99. The minimum Gasteiger partial charge on any atom is -0.323 e. The second-order valence-corrected chi connectivity index (χ2v) is 2.91. The van der Waals surface area contributed by atoms with Gasteiger partial charge in [-0.25, -0.2) is 0 Å². The van der Waals surface area contributed by atoms with Gasteiger partial charge < -0.3 is 10.7 Å². The normalized spacial score (nSPS) is 8.50. The average molecular weight is 213 g/mol. The number of rotatable bonds is 2. The number of benzene rings is 1. The van der Waals surface area contributed by atoms with Crippen molar-refractivity contribution >= 4 is 24.1 Å². The van der Waals surface area contributed by atoms with Crippen molar-refractivity contribution in [1.29, 1.82) is 5.41 Å². The molecule has 1 aromatic carbocycles. The first-order valence-electron chi connectivity index (χ1n) is 4.03. The molecular formula is C10H13ClN2O. The van der Waals surface area contributed by atoms with E-state index in [9.17, 15) is 4.79 Å². The van der Waals surface area contributed by atoms with Crippen LogP contribution in [-0.2, 0) is 0 Å². The Hall–Kier alpha value is -1.19. The Bertz CT molecular complexity index is 313. The molecule has 0 amide bonds. The molecule has 0 saturated heterocycles. The van der Waals surface area contributed by atoms with Gasteiger partial charge in [-0.1, -0.05) is 23.7 Å². The van der Waals surface area contributed by atoms with Gasteiger partial charge in [0.05, 0.1) is 5.02 Å². The highest BCUT2D eigenvalue weighted by Gasteiger charge is 2.01. The molecule has 0 atom stereocenters. The molecule has 0 unspecified atom stereocenters. The van der Waals surface area contributed by atoms with E-state index in [2.05, 4.69) is 5.32 Å². The summed E-state index contributed by atoms with van der Waals surface area (Å²) < 4.78 is 0. The molecular weight excluding hydrogens is 200 g/mol. The highest BCUT2D eigenvalue weighted by atomic mass is 35.5. The molecule has 76 valence electrons. The van der Waals surface area contributed by atoms with Crippen LogP contribution in [0.4, 0.5) is 0 Å². The fourth-order valence-electron chi connectivity index (χ4n) is 0.804. The molecule has 0 aromatic heterocycles. The molecule has 4 heteroatoms. The van der Waals surface area contributed by atoms with Crippen LogP contribution >= 0.6 is 11.6 Å². The zero-order chi connectivity index (χ0) is 11.0. The molecule has 3 nitrogen and oxygen atoms in total. The molecule has 0 heterocycles. The molecule has 14 heavy (non-hydrogen) atoms. The van der Waals surface area contributed by atoms with Gasteiger partial charge >= 0.3 is 0 Å². The van der Waals surface area contributed by atoms with Gasteiger partial charge in [-0.3, -0.25) is 4.79 Å². The Labute approximate surface area is 88.6 Å². The van der Waals surface area contributed by atoms with E-state index in [0.717, 1.165) is 6.21 Å². The van der Waals surface area contributed by atoms with Crippen molar-refractivity contribution < 1.29 is 4.79 Å². The van der Waals surface area contributed by atoms with Crippen LogP contribution in [-0.4, -0.2) is 26.6 Å². The van der Waals surface area contributed by atoms with E-state index in [1.165, 1.54) is 0 Å². The van der Waals surface area contributed by atoms with Gasteiger partial charge in [0.1, 0.15) is 0 Å². The second kappa shape index (κ2) is 7.24. The lowest BCUT2D eigenvalue weighted by Gasteiger charge is -1.98. The van der Waals surface area contributed by atoms with Crippen molar-refractivity contribution in [3.63, 3.8) is 0 Å². The summed E-state index contributed by atoms with van der Waals surface area (Å²) in [4.78, 5) is 10.4. The van der Waals surface area contributed by atoms with E-state index in [-0.39, 0.29) is 0 Å². The van der Waals surface area contributed by atoms with E-state index in [1.54, 1.807) is 18.2 Å². The molecule has 2 N–H and O–H groups in total. The van der Waals surface area contributed by atoms with E-state index in [1.807, 2.05) is 14.1 Å². The van der Waals surface area contributed by atoms with E-state index < -0.39 is 0 Å². The van der Waals surface area contributed by atoms with E-state index >= 15 is 0 Å². The monoisotopic (exact) mass is 212 g/mol. The SMILES string of the molecule is CNC.N=Cc1cccc(Cl)c1C=O. The first kappa shape index (κ1) is 12.8. The summed E-state index contributed by atoms with van der Waals surface area (Å²) >= 11 is 5.67. The zero-order valence-corrected chi connectivity index (χ0v) is 8.93. The maximum atomic E-state index is 10.4. The summed E-state index contributed by atoms with van der Waals surface area (Å²) in [5.41, 5.74) is 0.927. The van der Waals surface area contributed by atoms with Crippen molar-refractivity contribution in [3.8, 4) is 0 Å².